The fraction of sp³-hybridized carbons (Fsp3) is 0.364. The van der Waals surface area contributed by atoms with Gasteiger partial charge in [-0.15, -0.1) is 12.4 Å². The summed E-state index contributed by atoms with van der Waals surface area (Å²) in [5.74, 6) is -0.118. The molecule has 0 aliphatic rings. The Morgan fingerprint density at radius 1 is 1.56 bits per heavy atom. The summed E-state index contributed by atoms with van der Waals surface area (Å²) in [5, 5.41) is 3.45. The maximum absolute atomic E-state index is 11.7. The van der Waals surface area contributed by atoms with Gasteiger partial charge in [0.25, 0.3) is 5.91 Å². The highest BCUT2D eigenvalue weighted by Crippen LogP contribution is 2.16. The van der Waals surface area contributed by atoms with Crippen molar-refractivity contribution >= 4 is 29.9 Å². The average molecular weight is 263 g/mol. The molecule has 0 heterocycles. The molecule has 1 aromatic rings. The topological polar surface area (TPSA) is 55.1 Å². The van der Waals surface area contributed by atoms with Crippen LogP contribution in [0.25, 0.3) is 0 Å². The Hall–Kier alpha value is -0.770. The summed E-state index contributed by atoms with van der Waals surface area (Å²) in [6.45, 7) is 4.16. The molecule has 0 aliphatic carbocycles. The molecule has 0 saturated heterocycles. The Balaban J connectivity index is 0.00000225. The number of carbonyl (C=O) groups is 1. The molecule has 90 valence electrons. The summed E-state index contributed by atoms with van der Waals surface area (Å²) < 4.78 is 0. The minimum absolute atomic E-state index is 0. The van der Waals surface area contributed by atoms with Crippen LogP contribution in [-0.4, -0.2) is 18.5 Å². The monoisotopic (exact) mass is 262 g/mol. The van der Waals surface area contributed by atoms with Crippen LogP contribution < -0.4 is 11.1 Å². The van der Waals surface area contributed by atoms with Crippen LogP contribution in [0.15, 0.2) is 18.2 Å². The van der Waals surface area contributed by atoms with Gasteiger partial charge < -0.3 is 11.1 Å². The van der Waals surface area contributed by atoms with Crippen LogP contribution in [-0.2, 0) is 0 Å². The molecule has 1 rings (SSSR count). The molecule has 0 aromatic heterocycles. The van der Waals surface area contributed by atoms with Gasteiger partial charge in [-0.1, -0.05) is 11.6 Å². The van der Waals surface area contributed by atoms with Gasteiger partial charge in [-0.3, -0.25) is 4.79 Å². The lowest BCUT2D eigenvalue weighted by molar-refractivity contribution is 0.0941. The third-order valence-corrected chi connectivity index (χ3v) is 2.58. The molecular formula is C11H16Cl2N2O. The number of aryl methyl sites for hydroxylation is 1. The average Bonchev–Trinajstić information content (AvgIpc) is 2.21. The van der Waals surface area contributed by atoms with Crippen LogP contribution in [0.5, 0.6) is 0 Å². The minimum atomic E-state index is -0.118. The fourth-order valence-electron chi connectivity index (χ4n) is 1.15. The van der Waals surface area contributed by atoms with Gasteiger partial charge in [0.1, 0.15) is 0 Å². The molecule has 3 nitrogen and oxygen atoms in total. The van der Waals surface area contributed by atoms with E-state index in [1.165, 1.54) is 0 Å². The second-order valence-electron chi connectivity index (χ2n) is 3.57. The van der Waals surface area contributed by atoms with Gasteiger partial charge in [-0.05, 0) is 37.6 Å². The summed E-state index contributed by atoms with van der Waals surface area (Å²) in [7, 11) is 0. The molecule has 1 aromatic carbocycles. The predicted molar refractivity (Wildman–Crippen MR) is 69.4 cm³/mol. The van der Waals surface area contributed by atoms with Gasteiger partial charge in [-0.2, -0.15) is 0 Å². The van der Waals surface area contributed by atoms with Crippen LogP contribution >= 0.6 is 24.0 Å². The Morgan fingerprint density at radius 2 is 2.19 bits per heavy atom. The zero-order chi connectivity index (χ0) is 11.4. The minimum Gasteiger partial charge on any atom is -0.348 e. The summed E-state index contributed by atoms with van der Waals surface area (Å²) in [4.78, 5) is 11.7. The van der Waals surface area contributed by atoms with E-state index in [-0.39, 0.29) is 24.4 Å². The van der Waals surface area contributed by atoms with Crippen molar-refractivity contribution in [2.45, 2.75) is 19.9 Å². The van der Waals surface area contributed by atoms with E-state index in [0.717, 1.165) is 5.56 Å². The molecule has 3 N–H and O–H groups in total. The van der Waals surface area contributed by atoms with Crippen LogP contribution in [0.2, 0.25) is 5.02 Å². The first-order valence-electron chi connectivity index (χ1n) is 4.81. The standard InChI is InChI=1S/C11H15ClN2O.ClH/c1-7-5-9(3-4-10(7)12)11(15)14-8(2)6-13;/h3-5,8H,6,13H2,1-2H3,(H,14,15);1H/t8-;/m0./s1. The van der Waals surface area contributed by atoms with Crippen molar-refractivity contribution in [2.24, 2.45) is 5.73 Å². The highest BCUT2D eigenvalue weighted by molar-refractivity contribution is 6.31. The van der Waals surface area contributed by atoms with E-state index in [0.29, 0.717) is 17.1 Å². The number of hydrogen-bond donors (Lipinski definition) is 2. The molecule has 0 spiro atoms. The zero-order valence-corrected chi connectivity index (χ0v) is 10.9. The third kappa shape index (κ3) is 4.00. The lowest BCUT2D eigenvalue weighted by Gasteiger charge is -2.11. The molecule has 0 bridgehead atoms. The summed E-state index contributed by atoms with van der Waals surface area (Å²) in [6, 6.07) is 5.17. The van der Waals surface area contributed by atoms with E-state index in [2.05, 4.69) is 5.32 Å². The smallest absolute Gasteiger partial charge is 0.251 e. The van der Waals surface area contributed by atoms with Crippen molar-refractivity contribution in [1.29, 1.82) is 0 Å². The van der Waals surface area contributed by atoms with E-state index in [4.69, 9.17) is 17.3 Å². The van der Waals surface area contributed by atoms with Crippen LogP contribution in [0.1, 0.15) is 22.8 Å². The lowest BCUT2D eigenvalue weighted by Crippen LogP contribution is -2.37. The molecule has 16 heavy (non-hydrogen) atoms. The van der Waals surface area contributed by atoms with Crippen LogP contribution in [0.4, 0.5) is 0 Å². The number of amides is 1. The fourth-order valence-corrected chi connectivity index (χ4v) is 1.27. The molecule has 0 radical (unpaired) electrons. The molecule has 1 amide bonds. The van der Waals surface area contributed by atoms with Gasteiger partial charge in [0.15, 0.2) is 0 Å². The molecule has 0 aliphatic heterocycles. The molecule has 5 heteroatoms. The molecule has 1 atom stereocenters. The number of nitrogens with one attached hydrogen (secondary N) is 1. The quantitative estimate of drug-likeness (QED) is 0.877. The maximum atomic E-state index is 11.7. The molecule has 0 fully saturated rings. The zero-order valence-electron chi connectivity index (χ0n) is 9.29. The van der Waals surface area contributed by atoms with Crippen molar-refractivity contribution in [1.82, 2.24) is 5.32 Å². The molecule has 0 saturated carbocycles. The van der Waals surface area contributed by atoms with E-state index < -0.39 is 0 Å². The first kappa shape index (κ1) is 15.2. The van der Waals surface area contributed by atoms with Gasteiger partial charge in [-0.25, -0.2) is 0 Å². The SMILES string of the molecule is Cc1cc(C(=O)N[C@@H](C)CN)ccc1Cl.Cl. The van der Waals surface area contributed by atoms with Crippen molar-refractivity contribution in [2.75, 3.05) is 6.54 Å². The van der Waals surface area contributed by atoms with Gasteiger partial charge in [0.2, 0.25) is 0 Å². The van der Waals surface area contributed by atoms with E-state index >= 15 is 0 Å². The lowest BCUT2D eigenvalue weighted by atomic mass is 10.1. The number of carbonyl (C=O) groups excluding carboxylic acids is 1. The Labute approximate surface area is 107 Å². The number of benzene rings is 1. The molecular weight excluding hydrogens is 247 g/mol. The van der Waals surface area contributed by atoms with Gasteiger partial charge in [0, 0.05) is 23.2 Å². The number of hydrogen-bond acceptors (Lipinski definition) is 2. The van der Waals surface area contributed by atoms with E-state index in [1.54, 1.807) is 18.2 Å². The second kappa shape index (κ2) is 6.74. The van der Waals surface area contributed by atoms with Crippen molar-refractivity contribution in [3.63, 3.8) is 0 Å². The number of halogens is 2. The Morgan fingerprint density at radius 3 is 2.69 bits per heavy atom. The maximum Gasteiger partial charge on any atom is 0.251 e. The van der Waals surface area contributed by atoms with E-state index in [1.807, 2.05) is 13.8 Å². The Bertz CT molecular complexity index is 369. The third-order valence-electron chi connectivity index (χ3n) is 2.15. The highest BCUT2D eigenvalue weighted by Gasteiger charge is 2.09. The molecule has 0 unspecified atom stereocenters. The van der Waals surface area contributed by atoms with E-state index in [9.17, 15) is 4.79 Å². The summed E-state index contributed by atoms with van der Waals surface area (Å²) in [5.41, 5.74) is 6.92. The van der Waals surface area contributed by atoms with Gasteiger partial charge in [0.05, 0.1) is 0 Å². The summed E-state index contributed by atoms with van der Waals surface area (Å²) >= 11 is 5.87. The number of nitrogens with two attached hydrogens (primary N) is 1. The van der Waals surface area contributed by atoms with Crippen LogP contribution in [0.3, 0.4) is 0 Å². The van der Waals surface area contributed by atoms with Crippen molar-refractivity contribution < 1.29 is 4.79 Å². The normalized spacial score (nSPS) is 11.5. The van der Waals surface area contributed by atoms with Crippen molar-refractivity contribution in [3.05, 3.63) is 34.3 Å². The first-order valence-corrected chi connectivity index (χ1v) is 5.19. The van der Waals surface area contributed by atoms with Gasteiger partial charge >= 0.3 is 0 Å². The largest absolute Gasteiger partial charge is 0.348 e. The second-order valence-corrected chi connectivity index (χ2v) is 3.98. The summed E-state index contributed by atoms with van der Waals surface area (Å²) in [6.07, 6.45) is 0. The van der Waals surface area contributed by atoms with Crippen molar-refractivity contribution in [3.8, 4) is 0 Å². The number of rotatable bonds is 3. The highest BCUT2D eigenvalue weighted by atomic mass is 35.5. The van der Waals surface area contributed by atoms with Crippen LogP contribution in [0, 0.1) is 6.92 Å². The first-order chi connectivity index (χ1) is 7.04. The Kier molecular flexibility index (Phi) is 6.41. The predicted octanol–water partition coefficient (Wildman–Crippen LogP) is 2.15.